The lowest BCUT2D eigenvalue weighted by Crippen LogP contribution is -2.38. The molecule has 0 atom stereocenters. The van der Waals surface area contributed by atoms with E-state index in [0.717, 1.165) is 50.6 Å². The van der Waals surface area contributed by atoms with Crippen molar-refractivity contribution in [2.45, 2.75) is 39.7 Å². The molecule has 0 saturated carbocycles. The average Bonchev–Trinajstić information content (AvgIpc) is 3.29. The molecular formula is C18H29IN4O2S. The third-order valence-corrected chi connectivity index (χ3v) is 4.67. The van der Waals surface area contributed by atoms with Gasteiger partial charge < -0.3 is 19.8 Å². The van der Waals surface area contributed by atoms with Gasteiger partial charge >= 0.3 is 0 Å². The van der Waals surface area contributed by atoms with E-state index in [4.69, 9.17) is 9.15 Å². The van der Waals surface area contributed by atoms with Gasteiger partial charge in [-0.05, 0) is 31.9 Å². The minimum atomic E-state index is 0. The summed E-state index contributed by atoms with van der Waals surface area (Å²) in [6.45, 7) is 7.81. The van der Waals surface area contributed by atoms with E-state index < -0.39 is 0 Å². The number of nitrogens with one attached hydrogen (secondary N) is 2. The molecule has 26 heavy (non-hydrogen) atoms. The number of nitrogens with zero attached hydrogens (tertiary/aromatic N) is 2. The summed E-state index contributed by atoms with van der Waals surface area (Å²) in [5.74, 6) is 1.70. The lowest BCUT2D eigenvalue weighted by atomic mass is 10.4. The molecule has 0 aliphatic carbocycles. The van der Waals surface area contributed by atoms with Crippen molar-refractivity contribution in [2.75, 3.05) is 26.2 Å². The van der Waals surface area contributed by atoms with Crippen LogP contribution in [0.1, 0.15) is 35.9 Å². The number of aliphatic imine (C=N–C) groups is 1. The molecule has 0 saturated heterocycles. The number of hydrogen-bond acceptors (Lipinski definition) is 5. The molecule has 0 unspecified atom stereocenters. The molecule has 0 aliphatic rings. The molecule has 2 rings (SSSR count). The van der Waals surface area contributed by atoms with E-state index in [0.29, 0.717) is 13.2 Å². The number of halogens is 1. The van der Waals surface area contributed by atoms with E-state index in [1.807, 2.05) is 18.3 Å². The van der Waals surface area contributed by atoms with Gasteiger partial charge in [0.15, 0.2) is 5.96 Å². The largest absolute Gasteiger partial charge is 0.467 e. The average molecular weight is 492 g/mol. The Bertz CT molecular complexity index is 616. The second kappa shape index (κ2) is 14.0. The third-order valence-electron chi connectivity index (χ3n) is 3.47. The van der Waals surface area contributed by atoms with Crippen molar-refractivity contribution >= 4 is 41.3 Å². The fraction of sp³-hybridized carbons (Fsp3) is 0.556. The van der Waals surface area contributed by atoms with Gasteiger partial charge in [-0.1, -0.05) is 6.92 Å². The topological polar surface area (TPSA) is 71.7 Å². The monoisotopic (exact) mass is 492 g/mol. The molecular weight excluding hydrogens is 463 g/mol. The van der Waals surface area contributed by atoms with Gasteiger partial charge in [0.25, 0.3) is 0 Å². The van der Waals surface area contributed by atoms with Crippen LogP contribution in [-0.4, -0.2) is 37.2 Å². The summed E-state index contributed by atoms with van der Waals surface area (Å²) in [6, 6.07) is 3.78. The smallest absolute Gasteiger partial charge is 0.191 e. The lowest BCUT2D eigenvalue weighted by Gasteiger charge is -2.10. The number of guanidine groups is 1. The number of furan rings is 1. The summed E-state index contributed by atoms with van der Waals surface area (Å²) in [6.07, 6.45) is 6.48. The fourth-order valence-corrected chi connectivity index (χ4v) is 3.04. The number of aromatic nitrogens is 1. The van der Waals surface area contributed by atoms with E-state index >= 15 is 0 Å². The number of rotatable bonds is 11. The molecule has 2 aromatic heterocycles. The van der Waals surface area contributed by atoms with Crippen molar-refractivity contribution in [2.24, 2.45) is 4.99 Å². The minimum Gasteiger partial charge on any atom is -0.467 e. The van der Waals surface area contributed by atoms with Crippen LogP contribution in [0.15, 0.2) is 34.0 Å². The Morgan fingerprint density at radius 1 is 1.35 bits per heavy atom. The Balaban J connectivity index is 0.00000338. The Kier molecular flexibility index (Phi) is 12.3. The SMILES string of the molecule is CCNC(=NCCCOCc1ccco1)NCCc1ncc(CC)s1.I. The van der Waals surface area contributed by atoms with Crippen LogP contribution in [0.4, 0.5) is 0 Å². The molecule has 2 heterocycles. The van der Waals surface area contributed by atoms with Gasteiger partial charge in [-0.2, -0.15) is 0 Å². The Morgan fingerprint density at radius 3 is 2.92 bits per heavy atom. The molecule has 0 spiro atoms. The summed E-state index contributed by atoms with van der Waals surface area (Å²) in [7, 11) is 0. The van der Waals surface area contributed by atoms with Gasteiger partial charge in [-0.25, -0.2) is 4.98 Å². The van der Waals surface area contributed by atoms with Crippen molar-refractivity contribution in [1.82, 2.24) is 15.6 Å². The molecule has 0 radical (unpaired) electrons. The lowest BCUT2D eigenvalue weighted by molar-refractivity contribution is 0.105. The van der Waals surface area contributed by atoms with Crippen LogP contribution < -0.4 is 10.6 Å². The summed E-state index contributed by atoms with van der Waals surface area (Å²) in [5.41, 5.74) is 0. The molecule has 0 aliphatic heterocycles. The van der Waals surface area contributed by atoms with Crippen molar-refractivity contribution in [3.05, 3.63) is 40.2 Å². The molecule has 146 valence electrons. The molecule has 0 fully saturated rings. The molecule has 8 heteroatoms. The first kappa shape index (κ1) is 22.9. The molecule has 2 aromatic rings. The third kappa shape index (κ3) is 9.00. The van der Waals surface area contributed by atoms with Crippen molar-refractivity contribution in [3.63, 3.8) is 0 Å². The summed E-state index contributed by atoms with van der Waals surface area (Å²) in [5, 5.41) is 7.80. The predicted octanol–water partition coefficient (Wildman–Crippen LogP) is 3.62. The second-order valence-electron chi connectivity index (χ2n) is 5.50. The van der Waals surface area contributed by atoms with Crippen LogP contribution in [0.25, 0.3) is 0 Å². The van der Waals surface area contributed by atoms with Gasteiger partial charge in [0, 0.05) is 43.7 Å². The zero-order valence-electron chi connectivity index (χ0n) is 15.5. The maximum absolute atomic E-state index is 5.56. The Hall–Kier alpha value is -1.13. The zero-order valence-corrected chi connectivity index (χ0v) is 18.6. The summed E-state index contributed by atoms with van der Waals surface area (Å²) >= 11 is 1.79. The van der Waals surface area contributed by atoms with Crippen LogP contribution in [-0.2, 0) is 24.2 Å². The highest BCUT2D eigenvalue weighted by atomic mass is 127. The second-order valence-corrected chi connectivity index (χ2v) is 6.70. The van der Waals surface area contributed by atoms with Gasteiger partial charge in [0.1, 0.15) is 12.4 Å². The van der Waals surface area contributed by atoms with Crippen molar-refractivity contribution in [3.8, 4) is 0 Å². The van der Waals surface area contributed by atoms with E-state index in [1.54, 1.807) is 17.6 Å². The molecule has 0 aromatic carbocycles. The predicted molar refractivity (Wildman–Crippen MR) is 118 cm³/mol. The van der Waals surface area contributed by atoms with E-state index in [9.17, 15) is 0 Å². The van der Waals surface area contributed by atoms with Crippen LogP contribution in [0.2, 0.25) is 0 Å². The highest BCUT2D eigenvalue weighted by molar-refractivity contribution is 14.0. The Morgan fingerprint density at radius 2 is 2.23 bits per heavy atom. The van der Waals surface area contributed by atoms with Crippen LogP contribution >= 0.6 is 35.3 Å². The van der Waals surface area contributed by atoms with E-state index in [2.05, 4.69) is 34.5 Å². The standard InChI is InChI=1S/C18H28N4O2S.HI/c1-3-16-13-22-17(25-16)8-10-21-18(19-4-2)20-9-6-11-23-14-15-7-5-12-24-15;/h5,7,12-13H,3-4,6,8-11,14H2,1-2H3,(H2,19,20,21);1H. The first-order valence-electron chi connectivity index (χ1n) is 8.87. The normalized spacial score (nSPS) is 11.2. The van der Waals surface area contributed by atoms with Crippen LogP contribution in [0.5, 0.6) is 0 Å². The van der Waals surface area contributed by atoms with Crippen molar-refractivity contribution in [1.29, 1.82) is 0 Å². The molecule has 0 amide bonds. The molecule has 2 N–H and O–H groups in total. The highest BCUT2D eigenvalue weighted by Crippen LogP contribution is 2.13. The zero-order chi connectivity index (χ0) is 17.7. The van der Waals surface area contributed by atoms with Gasteiger partial charge in [0.2, 0.25) is 0 Å². The van der Waals surface area contributed by atoms with Gasteiger partial charge in [-0.3, -0.25) is 4.99 Å². The molecule has 6 nitrogen and oxygen atoms in total. The first-order valence-corrected chi connectivity index (χ1v) is 9.69. The summed E-state index contributed by atoms with van der Waals surface area (Å²) in [4.78, 5) is 10.4. The maximum atomic E-state index is 5.56. The van der Waals surface area contributed by atoms with Crippen molar-refractivity contribution < 1.29 is 9.15 Å². The Labute approximate surface area is 176 Å². The van der Waals surface area contributed by atoms with Gasteiger partial charge in [0.05, 0.1) is 11.3 Å². The van der Waals surface area contributed by atoms with Crippen LogP contribution in [0.3, 0.4) is 0 Å². The number of ether oxygens (including phenoxy) is 1. The fourth-order valence-electron chi connectivity index (χ4n) is 2.18. The summed E-state index contributed by atoms with van der Waals surface area (Å²) < 4.78 is 10.8. The van der Waals surface area contributed by atoms with E-state index in [-0.39, 0.29) is 24.0 Å². The number of aryl methyl sites for hydroxylation is 1. The van der Waals surface area contributed by atoms with Gasteiger partial charge in [-0.15, -0.1) is 35.3 Å². The van der Waals surface area contributed by atoms with Crippen LogP contribution in [0, 0.1) is 0 Å². The minimum absolute atomic E-state index is 0. The highest BCUT2D eigenvalue weighted by Gasteiger charge is 2.02. The maximum Gasteiger partial charge on any atom is 0.191 e. The molecule has 0 bridgehead atoms. The quantitative estimate of drug-likeness (QED) is 0.217. The number of thiazole rings is 1. The first-order chi connectivity index (χ1) is 12.3. The van der Waals surface area contributed by atoms with E-state index in [1.165, 1.54) is 9.88 Å². The number of hydrogen-bond donors (Lipinski definition) is 2.